The first-order valence-corrected chi connectivity index (χ1v) is 19.3. The molecule has 0 saturated heterocycles. The molecule has 11 aromatic rings. The van der Waals surface area contributed by atoms with Gasteiger partial charge in [0.15, 0.2) is 0 Å². The van der Waals surface area contributed by atoms with Crippen LogP contribution < -0.4 is 4.90 Å². The van der Waals surface area contributed by atoms with Crippen LogP contribution in [0.4, 0.5) is 17.1 Å². The van der Waals surface area contributed by atoms with E-state index in [9.17, 15) is 0 Å². The van der Waals surface area contributed by atoms with E-state index in [1.165, 1.54) is 76.7 Å². The molecule has 56 heavy (non-hydrogen) atoms. The fourth-order valence-electron chi connectivity index (χ4n) is 8.57. The number of fused-ring (bicyclic) bond motifs is 1. The molecule has 0 bridgehead atoms. The number of hydrogen-bond acceptors (Lipinski definition) is 1. The van der Waals surface area contributed by atoms with Gasteiger partial charge in [-0.2, -0.15) is 0 Å². The molecule has 0 amide bonds. The standard InChI is InChI=1S/C54H36N2/c1-3-10-37(11-4-1)40-20-27-47(28-21-40)55(50-33-26-39-14-7-8-15-44(39)35-50)48-29-22-41(23-30-48)42-24-31-49(32-25-42)56-51-17-9-16-43-18-19-45-34-46(38-12-5-2-6-13-38)36-52(56)54(45)53(43)51/h1-36H. The van der Waals surface area contributed by atoms with Crippen LogP contribution in [0.15, 0.2) is 218 Å². The van der Waals surface area contributed by atoms with Gasteiger partial charge in [-0.1, -0.05) is 152 Å². The van der Waals surface area contributed by atoms with Crippen LogP contribution in [-0.4, -0.2) is 4.57 Å². The summed E-state index contributed by atoms with van der Waals surface area (Å²) in [6, 6.07) is 79.4. The van der Waals surface area contributed by atoms with Crippen molar-refractivity contribution >= 4 is 60.4 Å². The summed E-state index contributed by atoms with van der Waals surface area (Å²) < 4.78 is 2.44. The molecule has 2 heteroatoms. The Labute approximate surface area is 326 Å². The highest BCUT2D eigenvalue weighted by molar-refractivity contribution is 6.25. The largest absolute Gasteiger partial charge is 0.310 e. The first-order chi connectivity index (χ1) is 27.7. The average Bonchev–Trinajstić information content (AvgIpc) is 3.62. The predicted molar refractivity (Wildman–Crippen MR) is 238 cm³/mol. The summed E-state index contributed by atoms with van der Waals surface area (Å²) in [6.07, 6.45) is 0. The topological polar surface area (TPSA) is 8.17 Å². The SMILES string of the molecule is c1ccc(-c2ccc(N(c3ccc(-c4ccc(-n5c6cccc7ccc8cc(-c9ccccc9)cc5c8c76)cc4)cc3)c3ccc4ccccc4c3)cc2)cc1. The van der Waals surface area contributed by atoms with Gasteiger partial charge in [-0.3, -0.25) is 0 Å². The smallest absolute Gasteiger partial charge is 0.0553 e. The van der Waals surface area contributed by atoms with Gasteiger partial charge < -0.3 is 9.47 Å². The summed E-state index contributed by atoms with van der Waals surface area (Å²) in [5.74, 6) is 0. The van der Waals surface area contributed by atoms with Crippen molar-refractivity contribution < 1.29 is 0 Å². The van der Waals surface area contributed by atoms with E-state index in [1.54, 1.807) is 0 Å². The summed E-state index contributed by atoms with van der Waals surface area (Å²) in [4.78, 5) is 2.35. The van der Waals surface area contributed by atoms with Gasteiger partial charge in [-0.15, -0.1) is 0 Å². The zero-order chi connectivity index (χ0) is 37.0. The Kier molecular flexibility index (Phi) is 7.53. The van der Waals surface area contributed by atoms with Crippen molar-refractivity contribution in [2.45, 2.75) is 0 Å². The molecule has 11 rings (SSSR count). The summed E-state index contributed by atoms with van der Waals surface area (Å²) >= 11 is 0. The molecule has 0 radical (unpaired) electrons. The first-order valence-electron chi connectivity index (χ1n) is 19.3. The van der Waals surface area contributed by atoms with Crippen LogP contribution in [0.25, 0.3) is 82.4 Å². The van der Waals surface area contributed by atoms with Gasteiger partial charge in [0.1, 0.15) is 0 Å². The monoisotopic (exact) mass is 712 g/mol. The second kappa shape index (κ2) is 13.2. The Balaban J connectivity index is 0.968. The maximum absolute atomic E-state index is 2.44. The number of hydrogen-bond donors (Lipinski definition) is 0. The van der Waals surface area contributed by atoms with Gasteiger partial charge >= 0.3 is 0 Å². The third kappa shape index (κ3) is 5.42. The Bertz CT molecular complexity index is 3140. The minimum absolute atomic E-state index is 1.11. The van der Waals surface area contributed by atoms with E-state index in [0.29, 0.717) is 0 Å². The van der Waals surface area contributed by atoms with Gasteiger partial charge in [0.2, 0.25) is 0 Å². The molecule has 0 aliphatic heterocycles. The number of anilines is 3. The van der Waals surface area contributed by atoms with E-state index in [4.69, 9.17) is 0 Å². The molecule has 0 fully saturated rings. The van der Waals surface area contributed by atoms with Crippen molar-refractivity contribution in [2.24, 2.45) is 0 Å². The summed E-state index contributed by atoms with van der Waals surface area (Å²) in [7, 11) is 0. The summed E-state index contributed by atoms with van der Waals surface area (Å²) in [5, 5.41) is 7.64. The van der Waals surface area contributed by atoms with E-state index in [2.05, 4.69) is 228 Å². The number of benzene rings is 10. The summed E-state index contributed by atoms with van der Waals surface area (Å²) in [5.41, 5.74) is 14.2. The van der Waals surface area contributed by atoms with Crippen molar-refractivity contribution in [3.63, 3.8) is 0 Å². The molecular formula is C54H36N2. The van der Waals surface area contributed by atoms with Crippen molar-refractivity contribution in [2.75, 3.05) is 4.90 Å². The van der Waals surface area contributed by atoms with Gasteiger partial charge in [0.25, 0.3) is 0 Å². The second-order valence-corrected chi connectivity index (χ2v) is 14.6. The molecule has 0 aliphatic rings. The van der Waals surface area contributed by atoms with E-state index in [0.717, 1.165) is 22.7 Å². The maximum atomic E-state index is 2.44. The van der Waals surface area contributed by atoms with E-state index in [-0.39, 0.29) is 0 Å². The molecular weight excluding hydrogens is 677 g/mol. The van der Waals surface area contributed by atoms with Crippen molar-refractivity contribution in [1.29, 1.82) is 0 Å². The molecule has 2 nitrogen and oxygen atoms in total. The molecule has 0 N–H and O–H groups in total. The minimum atomic E-state index is 1.11. The van der Waals surface area contributed by atoms with E-state index < -0.39 is 0 Å². The lowest BCUT2D eigenvalue weighted by molar-refractivity contribution is 1.18. The Hall–Kier alpha value is -7.42. The van der Waals surface area contributed by atoms with Crippen LogP contribution in [0, 0.1) is 0 Å². The second-order valence-electron chi connectivity index (χ2n) is 14.6. The highest BCUT2D eigenvalue weighted by Crippen LogP contribution is 2.42. The molecule has 1 heterocycles. The van der Waals surface area contributed by atoms with Crippen molar-refractivity contribution in [3.8, 4) is 39.1 Å². The molecule has 1 aromatic heterocycles. The maximum Gasteiger partial charge on any atom is 0.0553 e. The van der Waals surface area contributed by atoms with Crippen LogP contribution >= 0.6 is 0 Å². The van der Waals surface area contributed by atoms with Gasteiger partial charge in [0, 0.05) is 33.5 Å². The molecule has 10 aromatic carbocycles. The summed E-state index contributed by atoms with van der Waals surface area (Å²) in [6.45, 7) is 0. The Morgan fingerprint density at radius 2 is 0.750 bits per heavy atom. The average molecular weight is 713 g/mol. The Morgan fingerprint density at radius 3 is 1.41 bits per heavy atom. The highest BCUT2D eigenvalue weighted by atomic mass is 15.1. The van der Waals surface area contributed by atoms with Crippen LogP contribution in [0.3, 0.4) is 0 Å². The fraction of sp³-hybridized carbons (Fsp3) is 0. The zero-order valence-corrected chi connectivity index (χ0v) is 30.7. The number of rotatable bonds is 7. The molecule has 262 valence electrons. The third-order valence-corrected chi connectivity index (χ3v) is 11.3. The van der Waals surface area contributed by atoms with E-state index >= 15 is 0 Å². The molecule has 0 atom stereocenters. The zero-order valence-electron chi connectivity index (χ0n) is 30.7. The number of aromatic nitrogens is 1. The minimum Gasteiger partial charge on any atom is -0.310 e. The molecule has 0 unspecified atom stereocenters. The van der Waals surface area contributed by atoms with Crippen LogP contribution in [0.2, 0.25) is 0 Å². The number of nitrogens with zero attached hydrogens (tertiary/aromatic N) is 2. The lowest BCUT2D eigenvalue weighted by Crippen LogP contribution is -2.09. The van der Waals surface area contributed by atoms with Crippen molar-refractivity contribution in [3.05, 3.63) is 218 Å². The molecule has 0 aliphatic carbocycles. The third-order valence-electron chi connectivity index (χ3n) is 11.3. The van der Waals surface area contributed by atoms with Crippen LogP contribution in [-0.2, 0) is 0 Å². The quantitative estimate of drug-likeness (QED) is 0.149. The van der Waals surface area contributed by atoms with Gasteiger partial charge in [0.05, 0.1) is 11.0 Å². The molecule has 0 saturated carbocycles. The van der Waals surface area contributed by atoms with E-state index in [1.807, 2.05) is 0 Å². The lowest BCUT2D eigenvalue weighted by atomic mass is 9.97. The Morgan fingerprint density at radius 1 is 0.268 bits per heavy atom. The lowest BCUT2D eigenvalue weighted by Gasteiger charge is -2.26. The predicted octanol–water partition coefficient (Wildman–Crippen LogP) is 15.0. The van der Waals surface area contributed by atoms with Crippen molar-refractivity contribution in [1.82, 2.24) is 4.57 Å². The van der Waals surface area contributed by atoms with Crippen LogP contribution in [0.1, 0.15) is 0 Å². The first kappa shape index (κ1) is 32.0. The van der Waals surface area contributed by atoms with Gasteiger partial charge in [-0.25, -0.2) is 0 Å². The van der Waals surface area contributed by atoms with Crippen LogP contribution in [0.5, 0.6) is 0 Å². The normalized spacial score (nSPS) is 11.6. The van der Waals surface area contributed by atoms with Gasteiger partial charge in [-0.05, 0) is 122 Å². The molecule has 0 spiro atoms. The highest BCUT2D eigenvalue weighted by Gasteiger charge is 2.19. The fourth-order valence-corrected chi connectivity index (χ4v) is 8.57.